The molecule has 2 aliphatic heterocycles. The molecule has 2 fully saturated rings. The molecule has 27 heavy (non-hydrogen) atoms. The molecule has 6 nitrogen and oxygen atoms in total. The Morgan fingerprint density at radius 3 is 2.41 bits per heavy atom. The number of hydrogen-bond acceptors (Lipinski definition) is 5. The van der Waals surface area contributed by atoms with Crippen LogP contribution in [-0.4, -0.2) is 60.0 Å². The normalized spacial score (nSPS) is 17.5. The minimum absolute atomic E-state index is 0.116. The fourth-order valence-electron chi connectivity index (χ4n) is 3.70. The number of piperazine rings is 1. The van der Waals surface area contributed by atoms with E-state index in [4.69, 9.17) is 4.98 Å². The molecule has 4 rings (SSSR count). The quantitative estimate of drug-likeness (QED) is 0.637. The number of anilines is 2. The number of carbonyl (C=O) groups is 1. The number of hydrogen-bond donors (Lipinski definition) is 0. The molecular weight excluding hydrogens is 453 g/mol. The van der Waals surface area contributed by atoms with E-state index in [1.807, 2.05) is 36.1 Å². The molecule has 0 spiro atoms. The summed E-state index contributed by atoms with van der Waals surface area (Å²) >= 11 is 2.25. The first kappa shape index (κ1) is 18.5. The predicted octanol–water partition coefficient (Wildman–Crippen LogP) is 2.95. The van der Waals surface area contributed by atoms with Crippen molar-refractivity contribution in [3.8, 4) is 0 Å². The van der Waals surface area contributed by atoms with Crippen LogP contribution in [0.25, 0.3) is 0 Å². The number of benzene rings is 1. The molecule has 2 aliphatic rings. The lowest BCUT2D eigenvalue weighted by Gasteiger charge is -2.35. The van der Waals surface area contributed by atoms with Crippen molar-refractivity contribution in [2.24, 2.45) is 0 Å². The lowest BCUT2D eigenvalue weighted by molar-refractivity contribution is 0.0746. The molecule has 0 bridgehead atoms. The highest BCUT2D eigenvalue weighted by Crippen LogP contribution is 2.22. The smallest absolute Gasteiger partial charge is 0.254 e. The van der Waals surface area contributed by atoms with Gasteiger partial charge < -0.3 is 14.7 Å². The second-order valence-electron chi connectivity index (χ2n) is 7.15. The monoisotopic (exact) mass is 477 g/mol. The Morgan fingerprint density at radius 2 is 1.70 bits per heavy atom. The molecule has 7 heteroatoms. The van der Waals surface area contributed by atoms with Gasteiger partial charge in [0.25, 0.3) is 5.91 Å². The van der Waals surface area contributed by atoms with E-state index in [-0.39, 0.29) is 5.91 Å². The highest BCUT2D eigenvalue weighted by molar-refractivity contribution is 14.1. The molecule has 1 aromatic carbocycles. The van der Waals surface area contributed by atoms with Gasteiger partial charge in [-0.2, -0.15) is 4.98 Å². The topological polar surface area (TPSA) is 52.6 Å². The van der Waals surface area contributed by atoms with Crippen LogP contribution in [0.2, 0.25) is 0 Å². The predicted molar refractivity (Wildman–Crippen MR) is 115 cm³/mol. The van der Waals surface area contributed by atoms with Crippen LogP contribution >= 0.6 is 22.6 Å². The van der Waals surface area contributed by atoms with Crippen LogP contribution in [0.1, 0.15) is 28.9 Å². The number of nitrogens with zero attached hydrogens (tertiary/aromatic N) is 5. The summed E-state index contributed by atoms with van der Waals surface area (Å²) in [6, 6.07) is 9.84. The van der Waals surface area contributed by atoms with Crippen molar-refractivity contribution in [2.75, 3.05) is 49.1 Å². The van der Waals surface area contributed by atoms with Crippen molar-refractivity contribution in [1.29, 1.82) is 0 Å². The van der Waals surface area contributed by atoms with Gasteiger partial charge in [-0.05, 0) is 60.6 Å². The number of carbonyl (C=O) groups excluding carboxylic acids is 1. The van der Waals surface area contributed by atoms with Crippen LogP contribution in [0, 0.1) is 10.5 Å². The van der Waals surface area contributed by atoms with Gasteiger partial charge in [0.15, 0.2) is 0 Å². The fraction of sp³-hybridized carbons (Fsp3) is 0.450. The lowest BCUT2D eigenvalue weighted by atomic mass is 10.2. The Morgan fingerprint density at radius 1 is 0.963 bits per heavy atom. The minimum Gasteiger partial charge on any atom is -0.353 e. The second-order valence-corrected chi connectivity index (χ2v) is 8.40. The Bertz CT molecular complexity index is 829. The van der Waals surface area contributed by atoms with Gasteiger partial charge in [0, 0.05) is 60.2 Å². The lowest BCUT2D eigenvalue weighted by Crippen LogP contribution is -2.49. The Hall–Kier alpha value is -1.90. The summed E-state index contributed by atoms with van der Waals surface area (Å²) in [6.07, 6.45) is 2.43. The van der Waals surface area contributed by atoms with Gasteiger partial charge in [-0.15, -0.1) is 0 Å². The van der Waals surface area contributed by atoms with Crippen molar-refractivity contribution in [3.63, 3.8) is 0 Å². The first-order chi connectivity index (χ1) is 13.1. The van der Waals surface area contributed by atoms with E-state index >= 15 is 0 Å². The molecule has 0 radical (unpaired) electrons. The van der Waals surface area contributed by atoms with E-state index < -0.39 is 0 Å². The molecule has 0 unspecified atom stereocenters. The third-order valence-corrected chi connectivity index (χ3v) is 5.85. The standard InChI is InChI=1S/C20H24IN5O/c1-15-13-18(23-20(22-15)26-7-2-3-8-26)24-9-11-25(12-10-24)19(27)16-5-4-6-17(21)14-16/h4-6,13-14H,2-3,7-12H2,1H3. The number of halogens is 1. The van der Waals surface area contributed by atoms with Crippen LogP contribution in [0.4, 0.5) is 11.8 Å². The van der Waals surface area contributed by atoms with Crippen molar-refractivity contribution in [1.82, 2.24) is 14.9 Å². The maximum Gasteiger partial charge on any atom is 0.254 e. The molecule has 1 aromatic heterocycles. The van der Waals surface area contributed by atoms with Gasteiger partial charge >= 0.3 is 0 Å². The highest BCUT2D eigenvalue weighted by Gasteiger charge is 2.24. The second kappa shape index (κ2) is 8.00. The number of rotatable bonds is 3. The maximum atomic E-state index is 12.7. The van der Waals surface area contributed by atoms with Crippen molar-refractivity contribution in [3.05, 3.63) is 45.2 Å². The van der Waals surface area contributed by atoms with Gasteiger partial charge in [0.1, 0.15) is 5.82 Å². The number of amides is 1. The molecule has 1 amide bonds. The van der Waals surface area contributed by atoms with E-state index in [2.05, 4.69) is 43.4 Å². The Balaban J connectivity index is 1.44. The molecule has 2 saturated heterocycles. The summed E-state index contributed by atoms with van der Waals surface area (Å²) in [5, 5.41) is 0. The molecule has 142 valence electrons. The number of aromatic nitrogens is 2. The van der Waals surface area contributed by atoms with E-state index in [9.17, 15) is 4.79 Å². The molecular formula is C20H24IN5O. The molecule has 0 saturated carbocycles. The molecule has 2 aromatic rings. The van der Waals surface area contributed by atoms with Crippen LogP contribution in [-0.2, 0) is 0 Å². The Kier molecular flexibility index (Phi) is 5.47. The molecule has 0 atom stereocenters. The zero-order chi connectivity index (χ0) is 18.8. The third-order valence-electron chi connectivity index (χ3n) is 5.18. The van der Waals surface area contributed by atoms with Gasteiger partial charge in [0.2, 0.25) is 5.95 Å². The first-order valence-electron chi connectivity index (χ1n) is 9.50. The summed E-state index contributed by atoms with van der Waals surface area (Å²) in [5.41, 5.74) is 1.77. The zero-order valence-corrected chi connectivity index (χ0v) is 17.7. The van der Waals surface area contributed by atoms with Crippen LogP contribution in [0.5, 0.6) is 0 Å². The van der Waals surface area contributed by atoms with Gasteiger partial charge in [-0.1, -0.05) is 6.07 Å². The van der Waals surface area contributed by atoms with Crippen molar-refractivity contribution < 1.29 is 4.79 Å². The zero-order valence-electron chi connectivity index (χ0n) is 15.6. The van der Waals surface area contributed by atoms with Crippen LogP contribution in [0.15, 0.2) is 30.3 Å². The molecule has 0 N–H and O–H groups in total. The van der Waals surface area contributed by atoms with Gasteiger partial charge in [-0.3, -0.25) is 4.79 Å². The van der Waals surface area contributed by atoms with Crippen LogP contribution in [0.3, 0.4) is 0 Å². The third kappa shape index (κ3) is 4.17. The SMILES string of the molecule is Cc1cc(N2CCN(C(=O)c3cccc(I)c3)CC2)nc(N2CCCC2)n1. The van der Waals surface area contributed by atoms with Crippen LogP contribution < -0.4 is 9.80 Å². The largest absolute Gasteiger partial charge is 0.353 e. The van der Waals surface area contributed by atoms with Gasteiger partial charge in [-0.25, -0.2) is 4.98 Å². The fourth-order valence-corrected chi connectivity index (χ4v) is 4.24. The molecule has 3 heterocycles. The molecule has 0 aliphatic carbocycles. The maximum absolute atomic E-state index is 12.7. The summed E-state index contributed by atoms with van der Waals surface area (Å²) in [6.45, 7) is 7.14. The average molecular weight is 477 g/mol. The van der Waals surface area contributed by atoms with E-state index in [1.165, 1.54) is 12.8 Å². The minimum atomic E-state index is 0.116. The van der Waals surface area contributed by atoms with E-state index in [0.717, 1.165) is 52.8 Å². The van der Waals surface area contributed by atoms with Gasteiger partial charge in [0.05, 0.1) is 0 Å². The summed E-state index contributed by atoms with van der Waals surface area (Å²) in [5.74, 6) is 1.94. The van der Waals surface area contributed by atoms with E-state index in [1.54, 1.807) is 0 Å². The number of aryl methyl sites for hydroxylation is 1. The summed E-state index contributed by atoms with van der Waals surface area (Å²) < 4.78 is 1.09. The summed E-state index contributed by atoms with van der Waals surface area (Å²) in [4.78, 5) is 28.7. The Labute approximate surface area is 173 Å². The highest BCUT2D eigenvalue weighted by atomic mass is 127. The first-order valence-corrected chi connectivity index (χ1v) is 10.6. The van der Waals surface area contributed by atoms with E-state index in [0.29, 0.717) is 13.1 Å². The average Bonchev–Trinajstić information content (AvgIpc) is 3.22. The van der Waals surface area contributed by atoms with Crippen molar-refractivity contribution >= 4 is 40.3 Å². The van der Waals surface area contributed by atoms with Crippen molar-refractivity contribution in [2.45, 2.75) is 19.8 Å². The summed E-state index contributed by atoms with van der Waals surface area (Å²) in [7, 11) is 0.